The third kappa shape index (κ3) is 4.60. The van der Waals surface area contributed by atoms with Crippen LogP contribution in [0.25, 0.3) is 5.69 Å². The van der Waals surface area contributed by atoms with Crippen LogP contribution >= 0.6 is 23.4 Å². The number of ether oxygens (including phenoxy) is 3. The highest BCUT2D eigenvalue weighted by molar-refractivity contribution is 7.99. The normalized spacial score (nSPS) is 10.5. The molecule has 7 nitrogen and oxygen atoms in total. The van der Waals surface area contributed by atoms with Gasteiger partial charge in [-0.15, -0.1) is 0 Å². The molecule has 0 unspecified atom stereocenters. The van der Waals surface area contributed by atoms with E-state index in [9.17, 15) is 9.59 Å². The van der Waals surface area contributed by atoms with Gasteiger partial charge in [-0.1, -0.05) is 23.4 Å². The predicted octanol–water partition coefficient (Wildman–Crippen LogP) is 3.89. The number of ketones is 1. The van der Waals surface area contributed by atoms with Crippen LogP contribution in [-0.4, -0.2) is 42.4 Å². The van der Waals surface area contributed by atoms with Gasteiger partial charge in [-0.3, -0.25) is 14.2 Å². The minimum atomic E-state index is -0.344. The highest BCUT2D eigenvalue weighted by atomic mass is 35.5. The fraction of sp³-hybridized carbons (Fsp3) is 0.190. The standard InChI is InChI=1S/C21H19ClN2O5S/c1-27-17-7-5-14(11-15(17)22)24-9-8-23-20(21(24)26)30-12-16(25)13-4-6-18(28-2)19(10-13)29-3/h4-11H,12H2,1-3H3. The zero-order valence-corrected chi connectivity index (χ0v) is 18.1. The summed E-state index contributed by atoms with van der Waals surface area (Å²) >= 11 is 7.23. The molecule has 0 atom stereocenters. The molecule has 0 aliphatic carbocycles. The molecule has 0 saturated carbocycles. The topological polar surface area (TPSA) is 79.7 Å². The molecule has 0 amide bonds. The first kappa shape index (κ1) is 21.7. The average Bonchev–Trinajstić information content (AvgIpc) is 2.77. The predicted molar refractivity (Wildman–Crippen MR) is 116 cm³/mol. The Bertz CT molecular complexity index is 1130. The fourth-order valence-corrected chi connectivity index (χ4v) is 3.77. The van der Waals surface area contributed by atoms with Gasteiger partial charge in [0.05, 0.1) is 37.8 Å². The zero-order valence-electron chi connectivity index (χ0n) is 16.5. The third-order valence-electron chi connectivity index (χ3n) is 4.27. The van der Waals surface area contributed by atoms with Gasteiger partial charge in [-0.25, -0.2) is 4.98 Å². The Labute approximate surface area is 182 Å². The Morgan fingerprint density at radius 3 is 2.40 bits per heavy atom. The summed E-state index contributed by atoms with van der Waals surface area (Å²) in [6.45, 7) is 0. The van der Waals surface area contributed by atoms with Gasteiger partial charge in [0.2, 0.25) is 0 Å². The molecule has 0 saturated heterocycles. The summed E-state index contributed by atoms with van der Waals surface area (Å²) < 4.78 is 17.0. The monoisotopic (exact) mass is 446 g/mol. The minimum Gasteiger partial charge on any atom is -0.495 e. The first-order chi connectivity index (χ1) is 14.5. The van der Waals surface area contributed by atoms with Gasteiger partial charge < -0.3 is 14.2 Å². The summed E-state index contributed by atoms with van der Waals surface area (Å²) in [7, 11) is 4.55. The zero-order chi connectivity index (χ0) is 21.7. The molecular formula is C21H19ClN2O5S. The summed E-state index contributed by atoms with van der Waals surface area (Å²) in [6, 6.07) is 9.95. The Hall–Kier alpha value is -2.97. The van der Waals surface area contributed by atoms with Crippen LogP contribution < -0.4 is 19.8 Å². The lowest BCUT2D eigenvalue weighted by Crippen LogP contribution is -2.21. The van der Waals surface area contributed by atoms with Crippen molar-refractivity contribution in [2.75, 3.05) is 27.1 Å². The number of aromatic nitrogens is 2. The molecule has 0 radical (unpaired) electrons. The van der Waals surface area contributed by atoms with Gasteiger partial charge in [-0.2, -0.15) is 0 Å². The van der Waals surface area contributed by atoms with Crippen LogP contribution in [0.5, 0.6) is 17.2 Å². The molecule has 0 spiro atoms. The molecule has 2 aromatic carbocycles. The summed E-state index contributed by atoms with van der Waals surface area (Å²) in [5.74, 6) is 1.39. The van der Waals surface area contributed by atoms with E-state index in [2.05, 4.69) is 4.98 Å². The van der Waals surface area contributed by atoms with E-state index in [4.69, 9.17) is 25.8 Å². The molecular weight excluding hydrogens is 428 g/mol. The van der Waals surface area contributed by atoms with Crippen molar-refractivity contribution in [3.05, 3.63) is 69.7 Å². The smallest absolute Gasteiger partial charge is 0.287 e. The van der Waals surface area contributed by atoms with E-state index in [0.29, 0.717) is 33.5 Å². The number of benzene rings is 2. The molecule has 1 heterocycles. The summed E-state index contributed by atoms with van der Waals surface area (Å²) in [5.41, 5.74) is 0.684. The highest BCUT2D eigenvalue weighted by Gasteiger charge is 2.14. The third-order valence-corrected chi connectivity index (χ3v) is 5.52. The van der Waals surface area contributed by atoms with Crippen molar-refractivity contribution >= 4 is 29.1 Å². The first-order valence-electron chi connectivity index (χ1n) is 8.78. The SMILES string of the molecule is COc1ccc(-n2ccnc(SCC(=O)c3ccc(OC)c(OC)c3)c2=O)cc1Cl. The molecule has 1 aromatic heterocycles. The van der Waals surface area contributed by atoms with Crippen LogP contribution in [0.15, 0.2) is 58.6 Å². The molecule has 0 bridgehead atoms. The Morgan fingerprint density at radius 1 is 1.03 bits per heavy atom. The molecule has 0 aliphatic heterocycles. The second kappa shape index (κ2) is 9.69. The number of thioether (sulfide) groups is 1. The van der Waals surface area contributed by atoms with E-state index in [1.165, 1.54) is 32.1 Å². The molecule has 0 N–H and O–H groups in total. The van der Waals surface area contributed by atoms with Crippen molar-refractivity contribution in [2.24, 2.45) is 0 Å². The van der Waals surface area contributed by atoms with Crippen molar-refractivity contribution in [3.63, 3.8) is 0 Å². The quantitative estimate of drug-likeness (QED) is 0.383. The van der Waals surface area contributed by atoms with Crippen molar-refractivity contribution in [1.29, 1.82) is 0 Å². The lowest BCUT2D eigenvalue weighted by Gasteiger charge is -2.10. The van der Waals surface area contributed by atoms with Gasteiger partial charge >= 0.3 is 0 Å². The molecule has 3 rings (SSSR count). The number of nitrogens with zero attached hydrogens (tertiary/aromatic N) is 2. The first-order valence-corrected chi connectivity index (χ1v) is 10.1. The summed E-state index contributed by atoms with van der Waals surface area (Å²) in [4.78, 5) is 29.5. The van der Waals surface area contributed by atoms with Crippen LogP contribution in [0.4, 0.5) is 0 Å². The number of carbonyl (C=O) groups excluding carboxylic acids is 1. The Balaban J connectivity index is 1.80. The van der Waals surface area contributed by atoms with Crippen molar-refractivity contribution < 1.29 is 19.0 Å². The van der Waals surface area contributed by atoms with E-state index in [0.717, 1.165) is 11.8 Å². The van der Waals surface area contributed by atoms with Crippen LogP contribution in [0.3, 0.4) is 0 Å². The number of halogens is 1. The van der Waals surface area contributed by atoms with E-state index in [1.807, 2.05) is 0 Å². The maximum atomic E-state index is 12.8. The van der Waals surface area contributed by atoms with Crippen LogP contribution in [0.2, 0.25) is 5.02 Å². The second-order valence-corrected chi connectivity index (χ2v) is 7.38. The maximum Gasteiger partial charge on any atom is 0.287 e. The van der Waals surface area contributed by atoms with E-state index >= 15 is 0 Å². The van der Waals surface area contributed by atoms with Gasteiger partial charge in [-0.05, 0) is 36.4 Å². The van der Waals surface area contributed by atoms with Crippen LogP contribution in [-0.2, 0) is 0 Å². The molecule has 9 heteroatoms. The van der Waals surface area contributed by atoms with Crippen molar-refractivity contribution in [1.82, 2.24) is 9.55 Å². The largest absolute Gasteiger partial charge is 0.495 e. The number of rotatable bonds is 8. The Kier molecular flexibility index (Phi) is 7.02. The molecule has 3 aromatic rings. The number of carbonyl (C=O) groups is 1. The van der Waals surface area contributed by atoms with E-state index in [-0.39, 0.29) is 22.1 Å². The van der Waals surface area contributed by atoms with Gasteiger partial charge in [0, 0.05) is 18.0 Å². The highest BCUT2D eigenvalue weighted by Crippen LogP contribution is 2.29. The molecule has 0 aliphatic rings. The average molecular weight is 447 g/mol. The van der Waals surface area contributed by atoms with E-state index < -0.39 is 0 Å². The fourth-order valence-electron chi connectivity index (χ4n) is 2.73. The Morgan fingerprint density at radius 2 is 1.73 bits per heavy atom. The van der Waals surface area contributed by atoms with Gasteiger partial charge in [0.15, 0.2) is 22.3 Å². The number of Topliss-reactive ketones (excluding diaryl/α,β-unsaturated/α-hetero) is 1. The lowest BCUT2D eigenvalue weighted by atomic mass is 10.1. The van der Waals surface area contributed by atoms with Crippen molar-refractivity contribution in [3.8, 4) is 22.9 Å². The summed E-state index contributed by atoms with van der Waals surface area (Å²) in [5, 5.41) is 0.592. The molecule has 0 fully saturated rings. The van der Waals surface area contributed by atoms with Crippen LogP contribution in [0, 0.1) is 0 Å². The number of methoxy groups -OCH3 is 3. The lowest BCUT2D eigenvalue weighted by molar-refractivity contribution is 0.102. The van der Waals surface area contributed by atoms with Gasteiger partial charge in [0.25, 0.3) is 5.56 Å². The second-order valence-electron chi connectivity index (χ2n) is 6.01. The number of hydrogen-bond donors (Lipinski definition) is 0. The van der Waals surface area contributed by atoms with Gasteiger partial charge in [0.1, 0.15) is 5.75 Å². The summed E-state index contributed by atoms with van der Waals surface area (Å²) in [6.07, 6.45) is 3.05. The van der Waals surface area contributed by atoms with Crippen molar-refractivity contribution in [2.45, 2.75) is 5.03 Å². The van der Waals surface area contributed by atoms with E-state index in [1.54, 1.807) is 42.6 Å². The maximum absolute atomic E-state index is 12.8. The van der Waals surface area contributed by atoms with Crippen LogP contribution in [0.1, 0.15) is 10.4 Å². The molecule has 156 valence electrons. The number of hydrogen-bond acceptors (Lipinski definition) is 7. The minimum absolute atomic E-state index is 0.0467. The molecule has 30 heavy (non-hydrogen) atoms.